The summed E-state index contributed by atoms with van der Waals surface area (Å²) in [5.41, 5.74) is 0. The van der Waals surface area contributed by atoms with Crippen molar-refractivity contribution in [3.63, 3.8) is 0 Å². The van der Waals surface area contributed by atoms with E-state index in [-0.39, 0.29) is 11.5 Å². The zero-order valence-electron chi connectivity index (χ0n) is 5.75. The minimum atomic E-state index is -4.03. The maximum Gasteiger partial charge on any atom is 0.359 e. The van der Waals surface area contributed by atoms with E-state index in [1.165, 1.54) is 6.20 Å². The molecule has 0 fully saturated rings. The molecule has 1 heterocycles. The maximum atomic E-state index is 10.9. The van der Waals surface area contributed by atoms with Gasteiger partial charge in [0.25, 0.3) is 0 Å². The highest BCUT2D eigenvalue weighted by Crippen LogP contribution is 2.04. The molecule has 12 heavy (non-hydrogen) atoms. The molecular weight excluding hydrogens is 184 g/mol. The number of carbonyl (C=O) groups is 1. The molecule has 6 nitrogen and oxygen atoms in total. The van der Waals surface area contributed by atoms with Crippen LogP contribution in [0.1, 0.15) is 0 Å². The zero-order valence-corrected chi connectivity index (χ0v) is 6.56. The molecule has 0 atom stereocenters. The largest absolute Gasteiger partial charge is 0.359 e. The second-order valence-corrected chi connectivity index (χ2v) is 3.21. The fourth-order valence-electron chi connectivity index (χ4n) is 0.527. The SMILES string of the molecule is O=COS(=O)(=O)c1ccncn1. The summed E-state index contributed by atoms with van der Waals surface area (Å²) in [5, 5.41) is -0.343. The second-order valence-electron chi connectivity index (χ2n) is 1.69. The molecule has 0 N–H and O–H groups in total. The van der Waals surface area contributed by atoms with Crippen LogP contribution in [-0.4, -0.2) is 24.9 Å². The minimum absolute atomic E-state index is 0.169. The lowest BCUT2D eigenvalue weighted by molar-refractivity contribution is -0.120. The van der Waals surface area contributed by atoms with E-state index in [1.807, 2.05) is 0 Å². The molecule has 0 aliphatic carbocycles. The first-order valence-corrected chi connectivity index (χ1v) is 4.20. The fourth-order valence-corrected chi connectivity index (χ4v) is 1.13. The van der Waals surface area contributed by atoms with Crippen LogP contribution in [0.3, 0.4) is 0 Å². The van der Waals surface area contributed by atoms with Crippen molar-refractivity contribution < 1.29 is 17.4 Å². The summed E-state index contributed by atoms with van der Waals surface area (Å²) < 4.78 is 25.6. The molecule has 0 aliphatic heterocycles. The molecule has 0 bridgehead atoms. The van der Waals surface area contributed by atoms with Gasteiger partial charge in [-0.3, -0.25) is 4.79 Å². The first-order chi connectivity index (χ1) is 5.67. The van der Waals surface area contributed by atoms with Gasteiger partial charge in [-0.25, -0.2) is 9.97 Å². The third-order valence-corrected chi connectivity index (χ3v) is 2.06. The van der Waals surface area contributed by atoms with Crippen LogP contribution < -0.4 is 0 Å². The minimum Gasteiger partial charge on any atom is -0.344 e. The van der Waals surface area contributed by atoms with E-state index in [1.54, 1.807) is 0 Å². The maximum absolute atomic E-state index is 10.9. The molecule has 0 unspecified atom stereocenters. The Labute approximate surface area is 68.3 Å². The molecule has 1 aromatic rings. The lowest BCUT2D eigenvalue weighted by Crippen LogP contribution is -2.06. The summed E-state index contributed by atoms with van der Waals surface area (Å²) in [7, 11) is -4.03. The molecule has 0 saturated heterocycles. The van der Waals surface area contributed by atoms with E-state index in [2.05, 4.69) is 14.2 Å². The van der Waals surface area contributed by atoms with Crippen LogP contribution in [0.15, 0.2) is 23.6 Å². The molecule has 0 spiro atoms. The Balaban J connectivity index is 3.07. The van der Waals surface area contributed by atoms with Crippen molar-refractivity contribution >= 4 is 16.6 Å². The summed E-state index contributed by atoms with van der Waals surface area (Å²) in [6, 6.07) is 1.12. The third kappa shape index (κ3) is 1.76. The van der Waals surface area contributed by atoms with E-state index in [0.29, 0.717) is 0 Å². The van der Waals surface area contributed by atoms with Gasteiger partial charge in [0.2, 0.25) is 0 Å². The van der Waals surface area contributed by atoms with Gasteiger partial charge in [0.1, 0.15) is 6.33 Å². The monoisotopic (exact) mass is 188 g/mol. The fraction of sp³-hybridized carbons (Fsp3) is 0. The summed E-state index contributed by atoms with van der Waals surface area (Å²) >= 11 is 0. The Hall–Kier alpha value is -1.50. The van der Waals surface area contributed by atoms with Crippen LogP contribution >= 0.6 is 0 Å². The first-order valence-electron chi connectivity index (χ1n) is 2.80. The van der Waals surface area contributed by atoms with Gasteiger partial charge >= 0.3 is 16.6 Å². The van der Waals surface area contributed by atoms with Crippen LogP contribution in [-0.2, 0) is 19.1 Å². The lowest BCUT2D eigenvalue weighted by Gasteiger charge is -1.96. The molecule has 0 aromatic carbocycles. The standard InChI is InChI=1S/C5H4N2O4S/c8-4-11-12(9,10)5-1-2-6-3-7-5/h1-4H. The van der Waals surface area contributed by atoms with Crippen molar-refractivity contribution in [1.82, 2.24) is 9.97 Å². The molecular formula is C5H4N2O4S. The smallest absolute Gasteiger partial charge is 0.344 e. The van der Waals surface area contributed by atoms with Gasteiger partial charge in [0.15, 0.2) is 5.03 Å². The molecule has 0 saturated carbocycles. The van der Waals surface area contributed by atoms with Crippen molar-refractivity contribution in [1.29, 1.82) is 0 Å². The topological polar surface area (TPSA) is 86.2 Å². The van der Waals surface area contributed by atoms with Gasteiger partial charge < -0.3 is 4.18 Å². The van der Waals surface area contributed by atoms with Gasteiger partial charge in [0.05, 0.1) is 0 Å². The quantitative estimate of drug-likeness (QED) is 0.355. The van der Waals surface area contributed by atoms with Crippen LogP contribution in [0.5, 0.6) is 0 Å². The van der Waals surface area contributed by atoms with Gasteiger partial charge in [-0.05, 0) is 6.07 Å². The van der Waals surface area contributed by atoms with Crippen molar-refractivity contribution in [2.45, 2.75) is 5.03 Å². The summed E-state index contributed by atoms with van der Waals surface area (Å²) in [6.07, 6.45) is 2.27. The van der Waals surface area contributed by atoms with Crippen LogP contribution in [0.2, 0.25) is 0 Å². The van der Waals surface area contributed by atoms with Gasteiger partial charge in [-0.2, -0.15) is 8.42 Å². The Morgan fingerprint density at radius 2 is 2.25 bits per heavy atom. The predicted molar refractivity (Wildman–Crippen MR) is 36.4 cm³/mol. The highest BCUT2D eigenvalue weighted by atomic mass is 32.2. The third-order valence-electron chi connectivity index (χ3n) is 0.977. The van der Waals surface area contributed by atoms with Crippen molar-refractivity contribution in [2.24, 2.45) is 0 Å². The second kappa shape index (κ2) is 3.26. The zero-order chi connectivity index (χ0) is 9.03. The number of aromatic nitrogens is 2. The van der Waals surface area contributed by atoms with Crippen LogP contribution in [0.25, 0.3) is 0 Å². The van der Waals surface area contributed by atoms with E-state index in [4.69, 9.17) is 0 Å². The Morgan fingerprint density at radius 3 is 2.75 bits per heavy atom. The normalized spacial score (nSPS) is 10.7. The summed E-state index contributed by atoms with van der Waals surface area (Å²) in [6.45, 7) is -0.169. The van der Waals surface area contributed by atoms with Crippen molar-refractivity contribution in [3.8, 4) is 0 Å². The summed E-state index contributed by atoms with van der Waals surface area (Å²) in [4.78, 5) is 16.6. The van der Waals surface area contributed by atoms with E-state index >= 15 is 0 Å². The molecule has 0 radical (unpaired) electrons. The van der Waals surface area contributed by atoms with Crippen LogP contribution in [0, 0.1) is 0 Å². The molecule has 0 aliphatic rings. The Morgan fingerprint density at radius 1 is 1.50 bits per heavy atom. The summed E-state index contributed by atoms with van der Waals surface area (Å²) in [5.74, 6) is 0. The van der Waals surface area contributed by atoms with Gasteiger partial charge in [0, 0.05) is 6.20 Å². The lowest BCUT2D eigenvalue weighted by atomic mass is 10.7. The molecule has 0 amide bonds. The first kappa shape index (κ1) is 8.60. The van der Waals surface area contributed by atoms with E-state index in [0.717, 1.165) is 12.4 Å². The average molecular weight is 188 g/mol. The predicted octanol–water partition coefficient (Wildman–Crippen LogP) is -0.662. The number of carbonyl (C=O) groups excluding carboxylic acids is 1. The highest BCUT2D eigenvalue weighted by Gasteiger charge is 2.15. The number of hydrogen-bond acceptors (Lipinski definition) is 6. The Kier molecular flexibility index (Phi) is 2.34. The number of nitrogens with zero attached hydrogens (tertiary/aromatic N) is 2. The van der Waals surface area contributed by atoms with Crippen molar-refractivity contribution in [2.75, 3.05) is 0 Å². The Bertz CT molecular complexity index is 360. The molecule has 64 valence electrons. The number of hydrogen-bond donors (Lipinski definition) is 0. The van der Waals surface area contributed by atoms with Gasteiger partial charge in [-0.1, -0.05) is 0 Å². The molecule has 1 aromatic heterocycles. The van der Waals surface area contributed by atoms with Crippen molar-refractivity contribution in [3.05, 3.63) is 18.6 Å². The molecule has 1 rings (SSSR count). The average Bonchev–Trinajstić information content (AvgIpc) is 2.06. The van der Waals surface area contributed by atoms with E-state index in [9.17, 15) is 13.2 Å². The van der Waals surface area contributed by atoms with Crippen LogP contribution in [0.4, 0.5) is 0 Å². The number of rotatable bonds is 3. The van der Waals surface area contributed by atoms with Gasteiger partial charge in [-0.15, -0.1) is 0 Å². The van der Waals surface area contributed by atoms with E-state index < -0.39 is 10.1 Å². The molecule has 7 heteroatoms. The highest BCUT2D eigenvalue weighted by molar-refractivity contribution is 7.87.